The van der Waals surface area contributed by atoms with Gasteiger partial charge in [0.2, 0.25) is 5.91 Å². The van der Waals surface area contributed by atoms with Crippen LogP contribution in [0, 0.1) is 0 Å². The van der Waals surface area contributed by atoms with Gasteiger partial charge in [0.15, 0.2) is 0 Å². The van der Waals surface area contributed by atoms with E-state index in [4.69, 9.17) is 9.47 Å². The van der Waals surface area contributed by atoms with Crippen molar-refractivity contribution in [2.24, 2.45) is 0 Å². The Bertz CT molecular complexity index is 649. The fraction of sp³-hybridized carbons (Fsp3) is 0.636. The Kier molecular flexibility index (Phi) is 8.52. The number of ether oxygens (including phenoxy) is 2. The third-order valence-electron chi connectivity index (χ3n) is 5.57. The molecule has 7 heteroatoms. The predicted molar refractivity (Wildman–Crippen MR) is 115 cm³/mol. The van der Waals surface area contributed by atoms with Crippen LogP contribution in [0.5, 0.6) is 5.75 Å². The Morgan fingerprint density at radius 1 is 1.24 bits per heavy atom. The molecule has 2 aliphatic rings. The largest absolute Gasteiger partial charge is 0.493 e. The van der Waals surface area contributed by atoms with Crippen molar-refractivity contribution < 1.29 is 19.1 Å². The SMILES string of the molecule is CCCCC1COC(=O)N1C1CCN(C(=O)CSCCOc2ccccc2)CC1. The highest BCUT2D eigenvalue weighted by atomic mass is 32.2. The number of amides is 2. The summed E-state index contributed by atoms with van der Waals surface area (Å²) < 4.78 is 11.0. The number of unbranched alkanes of at least 4 members (excludes halogenated alkanes) is 1. The Labute approximate surface area is 177 Å². The van der Waals surface area contributed by atoms with E-state index in [0.717, 1.165) is 56.7 Å². The molecule has 0 N–H and O–H groups in total. The number of cyclic esters (lactones) is 1. The summed E-state index contributed by atoms with van der Waals surface area (Å²) in [5.74, 6) is 2.31. The van der Waals surface area contributed by atoms with E-state index in [1.807, 2.05) is 40.1 Å². The highest BCUT2D eigenvalue weighted by Gasteiger charge is 2.39. The van der Waals surface area contributed by atoms with Crippen molar-refractivity contribution in [2.75, 3.05) is 37.8 Å². The zero-order chi connectivity index (χ0) is 20.5. The Morgan fingerprint density at radius 2 is 2.00 bits per heavy atom. The summed E-state index contributed by atoms with van der Waals surface area (Å²) in [5, 5.41) is 0. The van der Waals surface area contributed by atoms with Gasteiger partial charge in [0, 0.05) is 24.9 Å². The van der Waals surface area contributed by atoms with Crippen LogP contribution in [0.1, 0.15) is 39.0 Å². The van der Waals surface area contributed by atoms with Crippen LogP contribution >= 0.6 is 11.8 Å². The van der Waals surface area contributed by atoms with Gasteiger partial charge in [0.25, 0.3) is 0 Å². The van der Waals surface area contributed by atoms with Gasteiger partial charge in [-0.05, 0) is 31.4 Å². The van der Waals surface area contributed by atoms with Gasteiger partial charge >= 0.3 is 6.09 Å². The Hall–Kier alpha value is -1.89. The maximum absolute atomic E-state index is 12.5. The summed E-state index contributed by atoms with van der Waals surface area (Å²) in [6.07, 6.45) is 4.74. The smallest absolute Gasteiger partial charge is 0.410 e. The van der Waals surface area contributed by atoms with Gasteiger partial charge in [0.1, 0.15) is 12.4 Å². The van der Waals surface area contributed by atoms with Crippen LogP contribution in [-0.2, 0) is 9.53 Å². The summed E-state index contributed by atoms with van der Waals surface area (Å²) in [5.41, 5.74) is 0. The Morgan fingerprint density at radius 3 is 2.72 bits per heavy atom. The zero-order valence-electron chi connectivity index (χ0n) is 17.3. The predicted octanol–water partition coefficient (Wildman–Crippen LogP) is 3.80. The quantitative estimate of drug-likeness (QED) is 0.539. The van der Waals surface area contributed by atoms with Crippen molar-refractivity contribution >= 4 is 23.8 Å². The van der Waals surface area contributed by atoms with Crippen molar-refractivity contribution in [1.29, 1.82) is 0 Å². The minimum absolute atomic E-state index is 0.176. The lowest BCUT2D eigenvalue weighted by atomic mass is 10.0. The standard InChI is InChI=1S/C22H32N2O4S/c1-2-3-7-19-16-28-22(26)24(19)18-10-12-23(13-11-18)21(25)17-29-15-14-27-20-8-5-4-6-9-20/h4-6,8-9,18-19H,2-3,7,10-17H2,1H3. The number of hydrogen-bond donors (Lipinski definition) is 0. The lowest BCUT2D eigenvalue weighted by molar-refractivity contribution is -0.129. The van der Waals surface area contributed by atoms with Gasteiger partial charge < -0.3 is 14.4 Å². The molecule has 1 aromatic carbocycles. The summed E-state index contributed by atoms with van der Waals surface area (Å²) in [7, 11) is 0. The summed E-state index contributed by atoms with van der Waals surface area (Å²) in [6, 6.07) is 10.1. The number of carbonyl (C=O) groups excluding carboxylic acids is 2. The maximum atomic E-state index is 12.5. The molecule has 0 aromatic heterocycles. The molecule has 1 unspecified atom stereocenters. The number of carbonyl (C=O) groups is 2. The molecular formula is C22H32N2O4S. The normalized spacial score (nSPS) is 20.0. The third kappa shape index (κ3) is 6.29. The van der Waals surface area contributed by atoms with E-state index in [-0.39, 0.29) is 24.1 Å². The van der Waals surface area contributed by atoms with Crippen LogP contribution in [0.15, 0.2) is 30.3 Å². The first kappa shape index (κ1) is 21.8. The minimum Gasteiger partial charge on any atom is -0.493 e. The summed E-state index contributed by atoms with van der Waals surface area (Å²) in [4.78, 5) is 28.6. The van der Waals surface area contributed by atoms with Gasteiger partial charge in [0.05, 0.1) is 18.4 Å². The van der Waals surface area contributed by atoms with Gasteiger partial charge in [-0.1, -0.05) is 38.0 Å². The lowest BCUT2D eigenvalue weighted by Gasteiger charge is -2.38. The summed E-state index contributed by atoms with van der Waals surface area (Å²) in [6.45, 7) is 4.71. The van der Waals surface area contributed by atoms with E-state index in [0.29, 0.717) is 19.0 Å². The molecule has 0 saturated carbocycles. The van der Waals surface area contributed by atoms with E-state index < -0.39 is 0 Å². The number of nitrogens with zero attached hydrogens (tertiary/aromatic N) is 2. The highest BCUT2D eigenvalue weighted by Crippen LogP contribution is 2.26. The van der Waals surface area contributed by atoms with Gasteiger partial charge in [-0.25, -0.2) is 4.79 Å². The van der Waals surface area contributed by atoms with E-state index in [1.54, 1.807) is 11.8 Å². The summed E-state index contributed by atoms with van der Waals surface area (Å²) >= 11 is 1.61. The second kappa shape index (κ2) is 11.3. The molecule has 29 heavy (non-hydrogen) atoms. The van der Waals surface area contributed by atoms with Crippen molar-refractivity contribution in [3.05, 3.63) is 30.3 Å². The molecule has 0 radical (unpaired) electrons. The molecule has 6 nitrogen and oxygen atoms in total. The van der Waals surface area contributed by atoms with Crippen molar-refractivity contribution in [3.8, 4) is 5.75 Å². The molecule has 1 aromatic rings. The van der Waals surface area contributed by atoms with Crippen LogP contribution in [0.2, 0.25) is 0 Å². The molecule has 2 heterocycles. The van der Waals surface area contributed by atoms with E-state index >= 15 is 0 Å². The molecule has 160 valence electrons. The van der Waals surface area contributed by atoms with Crippen molar-refractivity contribution in [1.82, 2.24) is 9.80 Å². The third-order valence-corrected chi connectivity index (χ3v) is 6.48. The average molecular weight is 421 g/mol. The zero-order valence-corrected chi connectivity index (χ0v) is 18.1. The second-order valence-corrected chi connectivity index (χ2v) is 8.71. The Balaban J connectivity index is 1.34. The molecule has 2 amide bonds. The fourth-order valence-corrected chi connectivity index (χ4v) is 4.66. The van der Waals surface area contributed by atoms with Gasteiger partial charge in [-0.15, -0.1) is 11.8 Å². The number of hydrogen-bond acceptors (Lipinski definition) is 5. The lowest BCUT2D eigenvalue weighted by Crippen LogP contribution is -2.50. The average Bonchev–Trinajstić information content (AvgIpc) is 3.13. The first-order chi connectivity index (χ1) is 14.2. The molecular weight excluding hydrogens is 388 g/mol. The molecule has 0 aliphatic carbocycles. The highest BCUT2D eigenvalue weighted by molar-refractivity contribution is 7.99. The van der Waals surface area contributed by atoms with Crippen molar-refractivity contribution in [3.63, 3.8) is 0 Å². The van der Waals surface area contributed by atoms with Crippen molar-refractivity contribution in [2.45, 2.75) is 51.1 Å². The molecule has 0 bridgehead atoms. The number of benzene rings is 1. The topological polar surface area (TPSA) is 59.1 Å². The molecule has 0 spiro atoms. The monoisotopic (exact) mass is 420 g/mol. The number of rotatable bonds is 10. The molecule has 2 saturated heterocycles. The van der Waals surface area contributed by atoms with Gasteiger partial charge in [-0.2, -0.15) is 0 Å². The molecule has 2 aliphatic heterocycles. The number of para-hydroxylation sites is 1. The number of piperidine rings is 1. The van der Waals surface area contributed by atoms with Gasteiger partial charge in [-0.3, -0.25) is 9.69 Å². The van der Waals surface area contributed by atoms with E-state index in [9.17, 15) is 9.59 Å². The van der Waals surface area contributed by atoms with E-state index in [2.05, 4.69) is 6.92 Å². The molecule has 1 atom stereocenters. The maximum Gasteiger partial charge on any atom is 0.410 e. The number of likely N-dealkylation sites (tertiary alicyclic amines) is 1. The van der Waals surface area contributed by atoms with Crippen LogP contribution < -0.4 is 4.74 Å². The van der Waals surface area contributed by atoms with E-state index in [1.165, 1.54) is 0 Å². The van der Waals surface area contributed by atoms with Crippen LogP contribution in [0.4, 0.5) is 4.79 Å². The van der Waals surface area contributed by atoms with Crippen LogP contribution in [0.25, 0.3) is 0 Å². The first-order valence-corrected chi connectivity index (χ1v) is 11.8. The number of thioether (sulfide) groups is 1. The minimum atomic E-state index is -0.176. The van der Waals surface area contributed by atoms with Crippen LogP contribution in [0.3, 0.4) is 0 Å². The molecule has 3 rings (SSSR count). The second-order valence-electron chi connectivity index (χ2n) is 7.61. The molecule has 2 fully saturated rings. The first-order valence-electron chi connectivity index (χ1n) is 10.7. The van der Waals surface area contributed by atoms with Crippen LogP contribution in [-0.4, -0.2) is 71.7 Å². The fourth-order valence-electron chi connectivity index (χ4n) is 3.96.